The number of aromatic nitrogens is 5. The van der Waals surface area contributed by atoms with E-state index in [0.29, 0.717) is 54.1 Å². The molecule has 3 N–H and O–H groups in total. The van der Waals surface area contributed by atoms with Crippen molar-refractivity contribution in [3.8, 4) is 11.4 Å². The van der Waals surface area contributed by atoms with Crippen LogP contribution in [0.15, 0.2) is 29.2 Å². The molecule has 0 saturated carbocycles. The van der Waals surface area contributed by atoms with E-state index in [0.717, 1.165) is 29.4 Å². The van der Waals surface area contributed by atoms with E-state index in [1.807, 2.05) is 24.0 Å². The molecule has 2 fully saturated rings. The zero-order chi connectivity index (χ0) is 27.9. The first-order valence-corrected chi connectivity index (χ1v) is 14.7. The Hall–Kier alpha value is -3.13. The van der Waals surface area contributed by atoms with Gasteiger partial charge >= 0.3 is 0 Å². The normalized spacial score (nSPS) is 20.4. The maximum atomic E-state index is 14.1. The Morgan fingerprint density at radius 2 is 1.90 bits per heavy atom. The van der Waals surface area contributed by atoms with Crippen molar-refractivity contribution in [3.63, 3.8) is 0 Å². The highest BCUT2D eigenvalue weighted by Crippen LogP contribution is 2.35. The van der Waals surface area contributed by atoms with Crippen LogP contribution in [0.5, 0.6) is 0 Å². The summed E-state index contributed by atoms with van der Waals surface area (Å²) in [5.41, 5.74) is 3.07. The summed E-state index contributed by atoms with van der Waals surface area (Å²) in [5, 5.41) is 1.18. The first-order valence-electron chi connectivity index (χ1n) is 12.5. The smallest absolute Gasteiger partial charge is 0.261 e. The fourth-order valence-corrected chi connectivity index (χ4v) is 5.37. The van der Waals surface area contributed by atoms with E-state index in [1.165, 1.54) is 0 Å². The van der Waals surface area contributed by atoms with Gasteiger partial charge in [0, 0.05) is 49.2 Å². The summed E-state index contributed by atoms with van der Waals surface area (Å²) < 4.78 is 45.5. The molecule has 11 nitrogen and oxygen atoms in total. The van der Waals surface area contributed by atoms with Gasteiger partial charge in [0.1, 0.15) is 22.7 Å². The number of H-pyrrole nitrogens is 2. The number of nitrogens with one attached hydrogen (secondary N) is 2. The van der Waals surface area contributed by atoms with Crippen LogP contribution in [-0.4, -0.2) is 76.1 Å². The number of hydrogen-bond donors (Lipinski definition) is 3. The van der Waals surface area contributed by atoms with Gasteiger partial charge in [0.2, 0.25) is 0 Å². The zero-order valence-corrected chi connectivity index (χ0v) is 22.9. The van der Waals surface area contributed by atoms with Crippen molar-refractivity contribution in [3.05, 3.63) is 45.6 Å². The Labute approximate surface area is 228 Å². The number of rotatable bonds is 3. The highest BCUT2D eigenvalue weighted by Gasteiger charge is 2.32. The fourth-order valence-electron chi connectivity index (χ4n) is 5.18. The Morgan fingerprint density at radius 3 is 2.56 bits per heavy atom. The van der Waals surface area contributed by atoms with Gasteiger partial charge < -0.3 is 19.6 Å². The highest BCUT2D eigenvalue weighted by atomic mass is 35.5. The monoisotopic (exact) mass is 578 g/mol. The second kappa shape index (κ2) is 10.8. The van der Waals surface area contributed by atoms with Gasteiger partial charge in [-0.2, -0.15) is 8.42 Å². The van der Waals surface area contributed by atoms with E-state index in [9.17, 15) is 17.6 Å². The minimum atomic E-state index is -3.67. The van der Waals surface area contributed by atoms with Crippen LogP contribution in [0.4, 0.5) is 10.2 Å². The summed E-state index contributed by atoms with van der Waals surface area (Å²) in [4.78, 5) is 35.0. The number of fused-ring (bicyclic) bond motifs is 2. The molecule has 0 unspecified atom stereocenters. The molecule has 0 radical (unpaired) electrons. The summed E-state index contributed by atoms with van der Waals surface area (Å²) in [6.45, 7) is 3.60. The fraction of sp³-hybridized carbons (Fsp3) is 0.440. The largest absolute Gasteiger partial charge is 0.381 e. The van der Waals surface area contributed by atoms with Crippen molar-refractivity contribution >= 4 is 49.5 Å². The second-order valence-corrected chi connectivity index (χ2v) is 11.7. The van der Waals surface area contributed by atoms with Crippen molar-refractivity contribution in [1.82, 2.24) is 24.9 Å². The second-order valence-electron chi connectivity index (χ2n) is 9.87. The number of pyridine rings is 3. The summed E-state index contributed by atoms with van der Waals surface area (Å²) in [6.07, 6.45) is 3.74. The Kier molecular flexibility index (Phi) is 7.60. The SMILES string of the molecule is CS(=O)(=O)O.C[C@@H]1C[C@@H](F)CN1c1nc(Cl)cc2[nH]c(-c3cc4c(C5CCOCC5)nccc4[nH]c3=O)nc12. The number of anilines is 1. The van der Waals surface area contributed by atoms with Crippen LogP contribution in [0.25, 0.3) is 33.3 Å². The third-order valence-corrected chi connectivity index (χ3v) is 7.07. The Morgan fingerprint density at radius 1 is 1.18 bits per heavy atom. The van der Waals surface area contributed by atoms with Gasteiger partial charge in [0.15, 0.2) is 5.82 Å². The van der Waals surface area contributed by atoms with Crippen LogP contribution in [-0.2, 0) is 14.9 Å². The van der Waals surface area contributed by atoms with E-state index in [4.69, 9.17) is 25.9 Å². The third kappa shape index (κ3) is 6.06. The molecule has 6 heterocycles. The molecule has 39 heavy (non-hydrogen) atoms. The van der Waals surface area contributed by atoms with Crippen molar-refractivity contribution in [2.75, 3.05) is 30.9 Å². The van der Waals surface area contributed by atoms with Gasteiger partial charge in [-0.25, -0.2) is 14.4 Å². The predicted octanol–water partition coefficient (Wildman–Crippen LogP) is 3.85. The molecule has 14 heteroatoms. The first-order chi connectivity index (χ1) is 18.5. The quantitative estimate of drug-likeness (QED) is 0.243. The van der Waals surface area contributed by atoms with Gasteiger partial charge in [0.25, 0.3) is 15.7 Å². The summed E-state index contributed by atoms with van der Waals surface area (Å²) in [6, 6.07) is 5.32. The van der Waals surface area contributed by atoms with Gasteiger partial charge in [-0.3, -0.25) is 14.3 Å². The molecule has 2 aliphatic heterocycles. The maximum absolute atomic E-state index is 14.1. The average molecular weight is 579 g/mol. The summed E-state index contributed by atoms with van der Waals surface area (Å²) >= 11 is 6.29. The predicted molar refractivity (Wildman–Crippen MR) is 147 cm³/mol. The van der Waals surface area contributed by atoms with Crippen LogP contribution < -0.4 is 10.5 Å². The molecular weight excluding hydrogens is 551 g/mol. The first kappa shape index (κ1) is 27.4. The maximum Gasteiger partial charge on any atom is 0.261 e. The molecule has 0 amide bonds. The van der Waals surface area contributed by atoms with Gasteiger partial charge in [0.05, 0.1) is 35.1 Å². The number of alkyl halides is 1. The lowest BCUT2D eigenvalue weighted by molar-refractivity contribution is 0.0848. The number of ether oxygens (including phenoxy) is 1. The van der Waals surface area contributed by atoms with E-state index in [2.05, 4.69) is 19.9 Å². The number of imidazole rings is 1. The Bertz CT molecular complexity index is 1680. The molecule has 0 spiro atoms. The van der Waals surface area contributed by atoms with Crippen molar-refractivity contribution < 1.29 is 22.1 Å². The lowest BCUT2D eigenvalue weighted by Crippen LogP contribution is -2.28. The van der Waals surface area contributed by atoms with E-state index in [-0.39, 0.29) is 29.2 Å². The number of aromatic amines is 2. The molecular formula is C25H28ClFN6O5S. The minimum absolute atomic E-state index is 0.0264. The van der Waals surface area contributed by atoms with Gasteiger partial charge in [-0.1, -0.05) is 11.6 Å². The number of nitrogens with zero attached hydrogens (tertiary/aromatic N) is 4. The molecule has 208 valence electrons. The van der Waals surface area contributed by atoms with Crippen LogP contribution in [0, 0.1) is 0 Å². The van der Waals surface area contributed by atoms with Gasteiger partial charge in [-0.05, 0) is 31.9 Å². The van der Waals surface area contributed by atoms with Crippen molar-refractivity contribution in [1.29, 1.82) is 0 Å². The van der Waals surface area contributed by atoms with E-state index >= 15 is 0 Å². The molecule has 6 rings (SSSR count). The average Bonchev–Trinajstić information content (AvgIpc) is 3.44. The molecule has 0 aromatic carbocycles. The highest BCUT2D eigenvalue weighted by molar-refractivity contribution is 7.85. The molecule has 2 atom stereocenters. The van der Waals surface area contributed by atoms with Crippen molar-refractivity contribution in [2.24, 2.45) is 0 Å². The molecule has 4 aromatic heterocycles. The molecule has 4 aromatic rings. The minimum Gasteiger partial charge on any atom is -0.381 e. The lowest BCUT2D eigenvalue weighted by atomic mass is 9.93. The van der Waals surface area contributed by atoms with Gasteiger partial charge in [-0.15, -0.1) is 0 Å². The number of halogens is 2. The van der Waals surface area contributed by atoms with Crippen LogP contribution in [0.1, 0.15) is 37.8 Å². The summed E-state index contributed by atoms with van der Waals surface area (Å²) in [7, 11) is -3.67. The van der Waals surface area contributed by atoms with E-state index in [1.54, 1.807) is 12.3 Å². The molecule has 2 saturated heterocycles. The topological polar surface area (TPSA) is 154 Å². The summed E-state index contributed by atoms with van der Waals surface area (Å²) in [5.74, 6) is 1.21. The lowest BCUT2D eigenvalue weighted by Gasteiger charge is -2.22. The molecule has 2 aliphatic rings. The molecule has 0 aliphatic carbocycles. The van der Waals surface area contributed by atoms with Crippen LogP contribution in [0.3, 0.4) is 0 Å². The van der Waals surface area contributed by atoms with Crippen molar-refractivity contribution in [2.45, 2.75) is 44.3 Å². The van der Waals surface area contributed by atoms with Crippen LogP contribution >= 0.6 is 11.6 Å². The standard InChI is InChI=1S/C24H24ClFN6O2.CH4O3S/c1-12-8-14(26)11-32(12)23-21-18(10-19(25)30-23)28-22(31-21)16-9-15-17(29-24(16)33)2-5-27-20(15)13-3-6-34-7-4-13;1-5(2,3)4/h2,5,9-10,12-14H,3-4,6-8,11H2,1H3,(H,28,31)(H,29,33);1H3,(H,2,3,4)/t12-,14-;/m1./s1. The van der Waals surface area contributed by atoms with E-state index < -0.39 is 16.3 Å². The zero-order valence-electron chi connectivity index (χ0n) is 21.3. The number of hydrogen-bond acceptors (Lipinski definition) is 8. The molecule has 0 bridgehead atoms. The third-order valence-electron chi connectivity index (χ3n) is 6.88. The Balaban J connectivity index is 0.000000567. The van der Waals surface area contributed by atoms with Crippen LogP contribution in [0.2, 0.25) is 5.15 Å².